The molecule has 0 saturated carbocycles. The second kappa shape index (κ2) is 6.04. The van der Waals surface area contributed by atoms with Gasteiger partial charge in [-0.3, -0.25) is 4.79 Å². The van der Waals surface area contributed by atoms with Crippen molar-refractivity contribution in [1.82, 2.24) is 0 Å². The Labute approximate surface area is 117 Å². The van der Waals surface area contributed by atoms with Gasteiger partial charge in [0.25, 0.3) is 10.0 Å². The SMILES string of the molecule is CC(=O)Nc1ccc(S(=O)(=O)N=C2CCCCO2)cc1. The fraction of sp³-hybridized carbons (Fsp3) is 0.385. The summed E-state index contributed by atoms with van der Waals surface area (Å²) in [5, 5.41) is 2.57. The quantitative estimate of drug-likeness (QED) is 0.923. The molecule has 1 saturated heterocycles. The van der Waals surface area contributed by atoms with E-state index < -0.39 is 10.0 Å². The molecule has 0 aromatic heterocycles. The number of hydrogen-bond acceptors (Lipinski definition) is 4. The highest BCUT2D eigenvalue weighted by molar-refractivity contribution is 7.90. The van der Waals surface area contributed by atoms with Crippen molar-refractivity contribution in [2.75, 3.05) is 11.9 Å². The Balaban J connectivity index is 2.19. The summed E-state index contributed by atoms with van der Waals surface area (Å²) in [6.45, 7) is 1.90. The molecule has 0 unspecified atom stereocenters. The minimum Gasteiger partial charge on any atom is -0.480 e. The van der Waals surface area contributed by atoms with Crippen LogP contribution in [-0.4, -0.2) is 26.8 Å². The number of benzene rings is 1. The first-order valence-corrected chi connectivity index (χ1v) is 7.76. The number of carbonyl (C=O) groups excluding carboxylic acids is 1. The van der Waals surface area contributed by atoms with Gasteiger partial charge in [-0.1, -0.05) is 0 Å². The lowest BCUT2D eigenvalue weighted by atomic mass is 10.2. The van der Waals surface area contributed by atoms with Crippen molar-refractivity contribution in [1.29, 1.82) is 0 Å². The molecule has 20 heavy (non-hydrogen) atoms. The van der Waals surface area contributed by atoms with Gasteiger partial charge in [-0.15, -0.1) is 4.40 Å². The van der Waals surface area contributed by atoms with Crippen molar-refractivity contribution in [3.63, 3.8) is 0 Å². The summed E-state index contributed by atoms with van der Waals surface area (Å²) in [4.78, 5) is 11.0. The molecule has 1 aliphatic rings. The molecular formula is C13H16N2O4S. The van der Waals surface area contributed by atoms with E-state index in [1.807, 2.05) is 0 Å². The smallest absolute Gasteiger partial charge is 0.285 e. The van der Waals surface area contributed by atoms with Crippen molar-refractivity contribution in [2.45, 2.75) is 31.1 Å². The number of ether oxygens (including phenoxy) is 1. The molecule has 108 valence electrons. The Kier molecular flexibility index (Phi) is 4.39. The Bertz CT molecular complexity index is 612. The lowest BCUT2D eigenvalue weighted by Gasteiger charge is -2.14. The first-order chi connectivity index (χ1) is 9.47. The van der Waals surface area contributed by atoms with Crippen LogP contribution in [0.3, 0.4) is 0 Å². The predicted octanol–water partition coefficient (Wildman–Crippen LogP) is 1.93. The summed E-state index contributed by atoms with van der Waals surface area (Å²) in [6.07, 6.45) is 2.35. The number of rotatable bonds is 3. The first kappa shape index (κ1) is 14.5. The number of anilines is 1. The van der Waals surface area contributed by atoms with E-state index in [0.29, 0.717) is 18.7 Å². The molecule has 2 rings (SSSR count). The van der Waals surface area contributed by atoms with E-state index in [-0.39, 0.29) is 16.7 Å². The zero-order valence-electron chi connectivity index (χ0n) is 11.1. The van der Waals surface area contributed by atoms with Gasteiger partial charge in [0.1, 0.15) is 0 Å². The Morgan fingerprint density at radius 1 is 1.25 bits per heavy atom. The summed E-state index contributed by atoms with van der Waals surface area (Å²) in [7, 11) is -3.75. The van der Waals surface area contributed by atoms with Crippen LogP contribution >= 0.6 is 0 Å². The van der Waals surface area contributed by atoms with Crippen molar-refractivity contribution >= 4 is 27.5 Å². The summed E-state index contributed by atoms with van der Waals surface area (Å²) >= 11 is 0. The molecule has 1 amide bonds. The average molecular weight is 296 g/mol. The normalized spacial score (nSPS) is 17.6. The van der Waals surface area contributed by atoms with Gasteiger partial charge in [-0.25, -0.2) is 0 Å². The molecule has 1 aromatic carbocycles. The summed E-state index contributed by atoms with van der Waals surface area (Å²) in [5.41, 5.74) is 0.540. The van der Waals surface area contributed by atoms with Gasteiger partial charge in [0, 0.05) is 19.0 Å². The third-order valence-electron chi connectivity index (χ3n) is 2.75. The molecule has 0 bridgehead atoms. The number of sulfonamides is 1. The van der Waals surface area contributed by atoms with Gasteiger partial charge in [0.15, 0.2) is 5.90 Å². The maximum absolute atomic E-state index is 12.1. The standard InChI is InChI=1S/C13H16N2O4S/c1-10(16)14-11-5-7-12(8-6-11)20(17,18)15-13-4-2-3-9-19-13/h5-8H,2-4,9H2,1H3,(H,14,16). The van der Waals surface area contributed by atoms with Crippen LogP contribution in [0.2, 0.25) is 0 Å². The van der Waals surface area contributed by atoms with Gasteiger partial charge in [-0.2, -0.15) is 8.42 Å². The topological polar surface area (TPSA) is 84.8 Å². The van der Waals surface area contributed by atoms with Gasteiger partial charge in [-0.05, 0) is 37.1 Å². The Morgan fingerprint density at radius 2 is 1.95 bits per heavy atom. The number of hydrogen-bond donors (Lipinski definition) is 1. The highest BCUT2D eigenvalue weighted by atomic mass is 32.2. The molecule has 1 N–H and O–H groups in total. The van der Waals surface area contributed by atoms with E-state index >= 15 is 0 Å². The van der Waals surface area contributed by atoms with E-state index in [9.17, 15) is 13.2 Å². The first-order valence-electron chi connectivity index (χ1n) is 6.32. The molecular weight excluding hydrogens is 280 g/mol. The molecule has 7 heteroatoms. The number of nitrogens with zero attached hydrogens (tertiary/aromatic N) is 1. The monoisotopic (exact) mass is 296 g/mol. The minimum absolute atomic E-state index is 0.0771. The highest BCUT2D eigenvalue weighted by Gasteiger charge is 2.17. The molecule has 1 fully saturated rings. The number of carbonyl (C=O) groups is 1. The second-order valence-corrected chi connectivity index (χ2v) is 6.08. The van der Waals surface area contributed by atoms with Crippen molar-refractivity contribution < 1.29 is 17.9 Å². The number of nitrogens with one attached hydrogen (secondary N) is 1. The third kappa shape index (κ3) is 3.80. The van der Waals surface area contributed by atoms with E-state index in [1.165, 1.54) is 31.2 Å². The third-order valence-corrected chi connectivity index (χ3v) is 4.06. The average Bonchev–Trinajstić information content (AvgIpc) is 2.39. The molecule has 0 radical (unpaired) electrons. The minimum atomic E-state index is -3.75. The highest BCUT2D eigenvalue weighted by Crippen LogP contribution is 2.18. The van der Waals surface area contributed by atoms with Crippen LogP contribution in [0.5, 0.6) is 0 Å². The maximum atomic E-state index is 12.1. The molecule has 6 nitrogen and oxygen atoms in total. The molecule has 1 aliphatic heterocycles. The Morgan fingerprint density at radius 3 is 2.50 bits per heavy atom. The predicted molar refractivity (Wildman–Crippen MR) is 75.2 cm³/mol. The Hall–Kier alpha value is -1.89. The van der Waals surface area contributed by atoms with Gasteiger partial charge < -0.3 is 10.1 Å². The van der Waals surface area contributed by atoms with E-state index in [4.69, 9.17) is 4.74 Å². The zero-order valence-corrected chi connectivity index (χ0v) is 11.9. The van der Waals surface area contributed by atoms with Gasteiger partial charge >= 0.3 is 0 Å². The molecule has 1 heterocycles. The zero-order chi connectivity index (χ0) is 14.6. The van der Waals surface area contributed by atoms with Crippen molar-refractivity contribution in [2.24, 2.45) is 4.40 Å². The van der Waals surface area contributed by atoms with E-state index in [0.717, 1.165) is 12.8 Å². The van der Waals surface area contributed by atoms with Crippen LogP contribution in [-0.2, 0) is 19.6 Å². The fourth-order valence-corrected chi connectivity index (χ4v) is 2.81. The lowest BCUT2D eigenvalue weighted by Crippen LogP contribution is -2.14. The van der Waals surface area contributed by atoms with Crippen LogP contribution in [0, 0.1) is 0 Å². The second-order valence-electron chi connectivity index (χ2n) is 4.47. The van der Waals surface area contributed by atoms with E-state index in [1.54, 1.807) is 0 Å². The summed E-state index contributed by atoms with van der Waals surface area (Å²) < 4.78 is 33.1. The van der Waals surface area contributed by atoms with Crippen LogP contribution in [0.25, 0.3) is 0 Å². The molecule has 0 spiro atoms. The molecule has 1 aromatic rings. The van der Waals surface area contributed by atoms with Crippen LogP contribution in [0.15, 0.2) is 33.6 Å². The van der Waals surface area contributed by atoms with Crippen molar-refractivity contribution in [3.05, 3.63) is 24.3 Å². The van der Waals surface area contributed by atoms with Crippen LogP contribution < -0.4 is 5.32 Å². The molecule has 0 aliphatic carbocycles. The van der Waals surface area contributed by atoms with Crippen LogP contribution in [0.4, 0.5) is 5.69 Å². The largest absolute Gasteiger partial charge is 0.480 e. The van der Waals surface area contributed by atoms with E-state index in [2.05, 4.69) is 9.71 Å². The summed E-state index contributed by atoms with van der Waals surface area (Å²) in [5.74, 6) is 0.0543. The fourth-order valence-electron chi connectivity index (χ4n) is 1.81. The van der Waals surface area contributed by atoms with Crippen LogP contribution in [0.1, 0.15) is 26.2 Å². The molecule has 0 atom stereocenters. The van der Waals surface area contributed by atoms with Crippen molar-refractivity contribution in [3.8, 4) is 0 Å². The van der Waals surface area contributed by atoms with Gasteiger partial charge in [0.2, 0.25) is 5.91 Å². The lowest BCUT2D eigenvalue weighted by molar-refractivity contribution is -0.114. The number of amides is 1. The maximum Gasteiger partial charge on any atom is 0.285 e. The van der Waals surface area contributed by atoms with Gasteiger partial charge in [0.05, 0.1) is 11.5 Å². The summed E-state index contributed by atoms with van der Waals surface area (Å²) in [6, 6.07) is 5.87.